The van der Waals surface area contributed by atoms with Gasteiger partial charge in [-0.3, -0.25) is 14.3 Å². The molecule has 0 unspecified atom stereocenters. The maximum absolute atomic E-state index is 12.9. The molecule has 2 aliphatic rings. The molecular formula is C24H28ClN3O4S. The first-order valence-corrected chi connectivity index (χ1v) is 13.1. The number of nitrogens with zero attached hydrogens (tertiary/aromatic N) is 2. The first-order valence-electron chi connectivity index (χ1n) is 11.2. The third-order valence-corrected chi connectivity index (χ3v) is 8.03. The molecular weight excluding hydrogens is 462 g/mol. The molecule has 1 saturated heterocycles. The van der Waals surface area contributed by atoms with E-state index in [1.807, 2.05) is 11.8 Å². The van der Waals surface area contributed by atoms with Crippen LogP contribution in [0.4, 0.5) is 11.4 Å². The zero-order valence-electron chi connectivity index (χ0n) is 18.6. The van der Waals surface area contributed by atoms with Crippen molar-refractivity contribution in [2.45, 2.75) is 50.3 Å². The number of amides is 2. The number of fused-ring (bicyclic) bond motifs is 1. The van der Waals surface area contributed by atoms with Crippen molar-refractivity contribution in [2.24, 2.45) is 0 Å². The Bertz CT molecular complexity index is 1180. The summed E-state index contributed by atoms with van der Waals surface area (Å²) in [5, 5.41) is 0.483. The number of carbonyl (C=O) groups excluding carboxylic acids is 2. The SMILES string of the molecule is Cc1ccc(NS(=O)(=O)c2ccc3c(c2)CCN3C(=O)CCC(=O)N2CCCCC2)cc1Cl. The van der Waals surface area contributed by atoms with Crippen LogP contribution in [0, 0.1) is 6.92 Å². The standard InChI is InChI=1S/C24H28ClN3O4S/c1-17-5-6-19(16-21(17)25)26-33(31,32)20-7-8-22-18(15-20)11-14-28(22)24(30)10-9-23(29)27-12-3-2-4-13-27/h5-8,15-16,26H,2-4,9-14H2,1H3. The van der Waals surface area contributed by atoms with Crippen LogP contribution in [0.5, 0.6) is 0 Å². The Morgan fingerprint density at radius 2 is 1.70 bits per heavy atom. The highest BCUT2D eigenvalue weighted by Crippen LogP contribution is 2.32. The summed E-state index contributed by atoms with van der Waals surface area (Å²) in [7, 11) is -3.80. The van der Waals surface area contributed by atoms with E-state index in [1.165, 1.54) is 6.07 Å². The van der Waals surface area contributed by atoms with Gasteiger partial charge in [0.15, 0.2) is 0 Å². The lowest BCUT2D eigenvalue weighted by atomic mass is 10.1. The first kappa shape index (κ1) is 23.6. The van der Waals surface area contributed by atoms with Gasteiger partial charge in [-0.15, -0.1) is 0 Å². The van der Waals surface area contributed by atoms with Crippen molar-refractivity contribution in [3.63, 3.8) is 0 Å². The molecule has 2 amide bonds. The van der Waals surface area contributed by atoms with Gasteiger partial charge in [-0.2, -0.15) is 0 Å². The summed E-state index contributed by atoms with van der Waals surface area (Å²) in [6.07, 6.45) is 4.14. The zero-order valence-corrected chi connectivity index (χ0v) is 20.2. The van der Waals surface area contributed by atoms with Crippen LogP contribution in [0.25, 0.3) is 0 Å². The quantitative estimate of drug-likeness (QED) is 0.661. The maximum Gasteiger partial charge on any atom is 0.261 e. The summed E-state index contributed by atoms with van der Waals surface area (Å²) in [5.74, 6) is -0.0756. The summed E-state index contributed by atoms with van der Waals surface area (Å²) in [5.41, 5.74) is 2.76. The van der Waals surface area contributed by atoms with Crippen LogP contribution in [0.1, 0.15) is 43.2 Å². The van der Waals surface area contributed by atoms with Crippen molar-refractivity contribution in [2.75, 3.05) is 29.3 Å². The van der Waals surface area contributed by atoms with E-state index >= 15 is 0 Å². The van der Waals surface area contributed by atoms with E-state index in [0.29, 0.717) is 29.4 Å². The van der Waals surface area contributed by atoms with Crippen LogP contribution in [0.15, 0.2) is 41.3 Å². The number of hydrogen-bond donors (Lipinski definition) is 1. The molecule has 0 bridgehead atoms. The number of aryl methyl sites for hydroxylation is 1. The summed E-state index contributed by atoms with van der Waals surface area (Å²) in [4.78, 5) is 28.8. The highest BCUT2D eigenvalue weighted by atomic mass is 35.5. The van der Waals surface area contributed by atoms with Crippen molar-refractivity contribution in [1.29, 1.82) is 0 Å². The van der Waals surface area contributed by atoms with E-state index in [2.05, 4.69) is 4.72 Å². The number of anilines is 2. The molecule has 0 aromatic heterocycles. The van der Waals surface area contributed by atoms with Gasteiger partial charge >= 0.3 is 0 Å². The van der Waals surface area contributed by atoms with Gasteiger partial charge in [-0.25, -0.2) is 8.42 Å². The van der Waals surface area contributed by atoms with E-state index in [1.54, 1.807) is 35.2 Å². The molecule has 0 atom stereocenters. The number of hydrogen-bond acceptors (Lipinski definition) is 4. The molecule has 2 heterocycles. The monoisotopic (exact) mass is 489 g/mol. The predicted octanol–water partition coefficient (Wildman–Crippen LogP) is 4.13. The van der Waals surface area contributed by atoms with Gasteiger partial charge in [0.1, 0.15) is 0 Å². The molecule has 0 saturated carbocycles. The second-order valence-corrected chi connectivity index (χ2v) is 10.7. The molecule has 1 fully saturated rings. The van der Waals surface area contributed by atoms with Crippen LogP contribution >= 0.6 is 11.6 Å². The number of sulfonamides is 1. The third kappa shape index (κ3) is 5.33. The Labute approximate surface area is 199 Å². The lowest BCUT2D eigenvalue weighted by molar-refractivity contribution is -0.133. The predicted molar refractivity (Wildman–Crippen MR) is 129 cm³/mol. The number of likely N-dealkylation sites (tertiary alicyclic amines) is 1. The van der Waals surface area contributed by atoms with Crippen molar-refractivity contribution in [3.8, 4) is 0 Å². The molecule has 2 aromatic carbocycles. The minimum atomic E-state index is -3.80. The fourth-order valence-corrected chi connectivity index (χ4v) is 5.61. The second kappa shape index (κ2) is 9.73. The number of nitrogens with one attached hydrogen (secondary N) is 1. The zero-order chi connectivity index (χ0) is 23.6. The van der Waals surface area contributed by atoms with E-state index in [-0.39, 0.29) is 29.6 Å². The van der Waals surface area contributed by atoms with Crippen LogP contribution < -0.4 is 9.62 Å². The summed E-state index contributed by atoms with van der Waals surface area (Å²) >= 11 is 6.10. The van der Waals surface area contributed by atoms with Gasteiger partial charge < -0.3 is 9.80 Å². The van der Waals surface area contributed by atoms with Crippen molar-refractivity contribution in [3.05, 3.63) is 52.5 Å². The van der Waals surface area contributed by atoms with Crippen LogP contribution in [0.3, 0.4) is 0 Å². The van der Waals surface area contributed by atoms with Crippen molar-refractivity contribution >= 4 is 44.8 Å². The van der Waals surface area contributed by atoms with Gasteiger partial charge in [0, 0.05) is 43.2 Å². The van der Waals surface area contributed by atoms with Crippen LogP contribution in [-0.4, -0.2) is 44.8 Å². The molecule has 0 radical (unpaired) electrons. The number of halogens is 1. The Morgan fingerprint density at radius 3 is 2.42 bits per heavy atom. The van der Waals surface area contributed by atoms with E-state index < -0.39 is 10.0 Å². The topological polar surface area (TPSA) is 86.8 Å². The lowest BCUT2D eigenvalue weighted by Crippen LogP contribution is -2.37. The summed E-state index contributed by atoms with van der Waals surface area (Å²) in [6.45, 7) is 3.88. The second-order valence-electron chi connectivity index (χ2n) is 8.60. The van der Waals surface area contributed by atoms with Crippen molar-refractivity contribution in [1.82, 2.24) is 4.90 Å². The Kier molecular flexibility index (Phi) is 6.95. The average molecular weight is 490 g/mol. The molecule has 33 heavy (non-hydrogen) atoms. The third-order valence-electron chi connectivity index (χ3n) is 6.24. The van der Waals surface area contributed by atoms with Crippen LogP contribution in [0.2, 0.25) is 5.02 Å². The normalized spacial score (nSPS) is 15.9. The van der Waals surface area contributed by atoms with Gasteiger partial charge in [0.05, 0.1) is 10.6 Å². The fraction of sp³-hybridized carbons (Fsp3) is 0.417. The molecule has 2 aliphatic heterocycles. The van der Waals surface area contributed by atoms with E-state index in [9.17, 15) is 18.0 Å². The average Bonchev–Trinajstić information content (AvgIpc) is 3.23. The Balaban J connectivity index is 1.42. The van der Waals surface area contributed by atoms with E-state index in [0.717, 1.165) is 43.5 Å². The molecule has 0 spiro atoms. The molecule has 0 aliphatic carbocycles. The number of carbonyl (C=O) groups is 2. The smallest absolute Gasteiger partial charge is 0.261 e. The first-order chi connectivity index (χ1) is 15.7. The largest absolute Gasteiger partial charge is 0.343 e. The maximum atomic E-state index is 12.9. The molecule has 9 heteroatoms. The number of rotatable bonds is 6. The van der Waals surface area contributed by atoms with Gasteiger partial charge in [0.2, 0.25) is 11.8 Å². The Hall–Kier alpha value is -2.58. The minimum absolute atomic E-state index is 0.0335. The highest BCUT2D eigenvalue weighted by Gasteiger charge is 2.27. The molecule has 176 valence electrons. The summed E-state index contributed by atoms with van der Waals surface area (Å²) in [6, 6.07) is 9.78. The molecule has 4 rings (SSSR count). The number of benzene rings is 2. The molecule has 1 N–H and O–H groups in total. The molecule has 2 aromatic rings. The van der Waals surface area contributed by atoms with Gasteiger partial charge in [-0.05, 0) is 74.1 Å². The fourth-order valence-electron chi connectivity index (χ4n) is 4.33. The van der Waals surface area contributed by atoms with Gasteiger partial charge in [-0.1, -0.05) is 17.7 Å². The number of piperidine rings is 1. The Morgan fingerprint density at radius 1 is 0.970 bits per heavy atom. The lowest BCUT2D eigenvalue weighted by Gasteiger charge is -2.27. The summed E-state index contributed by atoms with van der Waals surface area (Å²) < 4.78 is 28.3. The molecule has 7 nitrogen and oxygen atoms in total. The highest BCUT2D eigenvalue weighted by molar-refractivity contribution is 7.92. The van der Waals surface area contributed by atoms with E-state index in [4.69, 9.17) is 11.6 Å². The van der Waals surface area contributed by atoms with Crippen molar-refractivity contribution < 1.29 is 18.0 Å². The minimum Gasteiger partial charge on any atom is -0.343 e. The van der Waals surface area contributed by atoms with Crippen LogP contribution in [-0.2, 0) is 26.0 Å². The van der Waals surface area contributed by atoms with Gasteiger partial charge in [0.25, 0.3) is 10.0 Å².